The maximum absolute atomic E-state index is 14.4. The maximum atomic E-state index is 14.4. The first-order valence-corrected chi connectivity index (χ1v) is 8.63. The Morgan fingerprint density at radius 2 is 1.92 bits per heavy atom. The minimum absolute atomic E-state index is 0.278. The predicted octanol–water partition coefficient (Wildman–Crippen LogP) is 3.92. The lowest BCUT2D eigenvalue weighted by atomic mass is 10.1. The highest BCUT2D eigenvalue weighted by Crippen LogP contribution is 2.31. The molecule has 24 heavy (non-hydrogen) atoms. The second-order valence-electron chi connectivity index (χ2n) is 5.26. The molecule has 0 N–H and O–H groups in total. The lowest BCUT2D eigenvalue weighted by Crippen LogP contribution is -2.02. The van der Waals surface area contributed by atoms with Crippen molar-refractivity contribution >= 4 is 11.8 Å². The van der Waals surface area contributed by atoms with Gasteiger partial charge in [-0.3, -0.25) is 0 Å². The number of nitrogens with zero attached hydrogens (tertiary/aromatic N) is 5. The number of rotatable bonds is 5. The Labute approximate surface area is 144 Å². The molecule has 0 spiro atoms. The van der Waals surface area contributed by atoms with E-state index in [4.69, 9.17) is 0 Å². The summed E-state index contributed by atoms with van der Waals surface area (Å²) in [5, 5.41) is 9.46. The van der Waals surface area contributed by atoms with Gasteiger partial charge in [0, 0.05) is 12.1 Å². The third-order valence-electron chi connectivity index (χ3n) is 3.77. The largest absolute Gasteiger partial charge is 0.302 e. The molecule has 0 aliphatic rings. The van der Waals surface area contributed by atoms with Crippen molar-refractivity contribution in [3.05, 3.63) is 47.7 Å². The highest BCUT2D eigenvalue weighted by atomic mass is 32.2. The molecule has 0 saturated heterocycles. The van der Waals surface area contributed by atoms with Crippen LogP contribution in [0.5, 0.6) is 0 Å². The Kier molecular flexibility index (Phi) is 4.89. The standard InChI is InChI=1S/C17H18FN5S/c1-4-13-14(18)16(20-10-19-13)24-17-22-21-15(23(17)5-2)12-9-7-6-8-11(12)3/h6-10H,4-5H2,1-3H3. The highest BCUT2D eigenvalue weighted by molar-refractivity contribution is 7.99. The van der Waals surface area contributed by atoms with Gasteiger partial charge in [-0.2, -0.15) is 0 Å². The van der Waals surface area contributed by atoms with E-state index in [0.717, 1.165) is 17.0 Å². The van der Waals surface area contributed by atoms with Gasteiger partial charge in [0.15, 0.2) is 16.8 Å². The molecule has 0 aliphatic carbocycles. The second kappa shape index (κ2) is 7.09. The Morgan fingerprint density at radius 3 is 2.62 bits per heavy atom. The van der Waals surface area contributed by atoms with Crippen molar-refractivity contribution in [2.45, 2.75) is 43.9 Å². The van der Waals surface area contributed by atoms with Crippen LogP contribution in [0.15, 0.2) is 40.8 Å². The van der Waals surface area contributed by atoms with E-state index < -0.39 is 0 Å². The molecule has 0 aliphatic heterocycles. The van der Waals surface area contributed by atoms with Crippen molar-refractivity contribution < 1.29 is 4.39 Å². The van der Waals surface area contributed by atoms with E-state index in [-0.39, 0.29) is 10.8 Å². The zero-order valence-electron chi connectivity index (χ0n) is 13.8. The molecule has 124 valence electrons. The van der Waals surface area contributed by atoms with E-state index in [9.17, 15) is 4.39 Å². The zero-order valence-corrected chi connectivity index (χ0v) is 14.6. The molecule has 3 rings (SSSR count). The fourth-order valence-electron chi connectivity index (χ4n) is 2.46. The molecule has 0 saturated carbocycles. The van der Waals surface area contributed by atoms with E-state index in [0.29, 0.717) is 23.8 Å². The van der Waals surface area contributed by atoms with Gasteiger partial charge >= 0.3 is 0 Å². The summed E-state index contributed by atoms with van der Waals surface area (Å²) in [7, 11) is 0. The average Bonchev–Trinajstić information content (AvgIpc) is 2.99. The predicted molar refractivity (Wildman–Crippen MR) is 91.4 cm³/mol. The molecule has 0 unspecified atom stereocenters. The van der Waals surface area contributed by atoms with Crippen LogP contribution in [-0.2, 0) is 13.0 Å². The minimum Gasteiger partial charge on any atom is -0.302 e. The average molecular weight is 343 g/mol. The maximum Gasteiger partial charge on any atom is 0.197 e. The van der Waals surface area contributed by atoms with Gasteiger partial charge in [0.2, 0.25) is 0 Å². The number of aryl methyl sites for hydroxylation is 2. The van der Waals surface area contributed by atoms with Gasteiger partial charge in [-0.1, -0.05) is 31.2 Å². The second-order valence-corrected chi connectivity index (χ2v) is 6.22. The van der Waals surface area contributed by atoms with Gasteiger partial charge in [0.25, 0.3) is 0 Å². The summed E-state index contributed by atoms with van der Waals surface area (Å²) in [5.74, 6) is 0.399. The van der Waals surface area contributed by atoms with Crippen LogP contribution in [0.4, 0.5) is 4.39 Å². The van der Waals surface area contributed by atoms with E-state index in [1.54, 1.807) is 0 Å². The van der Waals surface area contributed by atoms with E-state index >= 15 is 0 Å². The van der Waals surface area contributed by atoms with Gasteiger partial charge < -0.3 is 4.57 Å². The van der Waals surface area contributed by atoms with Gasteiger partial charge in [0.05, 0.1) is 5.69 Å². The molecule has 7 heteroatoms. The van der Waals surface area contributed by atoms with Gasteiger partial charge in [0.1, 0.15) is 11.4 Å². The van der Waals surface area contributed by atoms with Crippen LogP contribution in [0.25, 0.3) is 11.4 Å². The van der Waals surface area contributed by atoms with E-state index in [1.807, 2.05) is 49.6 Å². The summed E-state index contributed by atoms with van der Waals surface area (Å²) in [6.07, 6.45) is 1.91. The summed E-state index contributed by atoms with van der Waals surface area (Å²) in [4.78, 5) is 8.02. The number of hydrogen-bond acceptors (Lipinski definition) is 5. The first-order chi connectivity index (χ1) is 11.7. The summed E-state index contributed by atoms with van der Waals surface area (Å²) >= 11 is 1.18. The number of hydrogen-bond donors (Lipinski definition) is 0. The SMILES string of the molecule is CCc1ncnc(Sc2nnc(-c3ccccc3C)n2CC)c1F. The molecule has 0 amide bonds. The van der Waals surface area contributed by atoms with Crippen molar-refractivity contribution in [2.24, 2.45) is 0 Å². The van der Waals surface area contributed by atoms with Gasteiger partial charge in [-0.25, -0.2) is 14.4 Å². The third kappa shape index (κ3) is 3.03. The number of halogens is 1. The Hall–Kier alpha value is -2.28. The van der Waals surface area contributed by atoms with Crippen molar-refractivity contribution in [1.82, 2.24) is 24.7 Å². The smallest absolute Gasteiger partial charge is 0.197 e. The molecular formula is C17H18FN5S. The number of benzene rings is 1. The van der Waals surface area contributed by atoms with Crippen LogP contribution in [0.2, 0.25) is 0 Å². The van der Waals surface area contributed by atoms with E-state index in [2.05, 4.69) is 20.2 Å². The molecular weight excluding hydrogens is 325 g/mol. The topological polar surface area (TPSA) is 56.5 Å². The third-order valence-corrected chi connectivity index (χ3v) is 4.73. The van der Waals surface area contributed by atoms with Crippen LogP contribution in [0.3, 0.4) is 0 Å². The minimum atomic E-state index is -0.381. The quantitative estimate of drug-likeness (QED) is 0.657. The van der Waals surface area contributed by atoms with E-state index in [1.165, 1.54) is 18.1 Å². The lowest BCUT2D eigenvalue weighted by Gasteiger charge is -2.09. The van der Waals surface area contributed by atoms with Crippen molar-refractivity contribution in [2.75, 3.05) is 0 Å². The molecule has 5 nitrogen and oxygen atoms in total. The summed E-state index contributed by atoms with van der Waals surface area (Å²) in [6.45, 7) is 6.61. The highest BCUT2D eigenvalue weighted by Gasteiger charge is 2.18. The first kappa shape index (κ1) is 16.6. The molecule has 0 bridgehead atoms. The Bertz CT molecular complexity index is 862. The molecule has 2 heterocycles. The molecule has 2 aromatic heterocycles. The normalized spacial score (nSPS) is 11.0. The van der Waals surface area contributed by atoms with Gasteiger partial charge in [-0.05, 0) is 37.6 Å². The van der Waals surface area contributed by atoms with Crippen LogP contribution in [-0.4, -0.2) is 24.7 Å². The zero-order chi connectivity index (χ0) is 17.1. The fraction of sp³-hybridized carbons (Fsp3) is 0.294. The van der Waals surface area contributed by atoms with Crippen molar-refractivity contribution in [3.63, 3.8) is 0 Å². The van der Waals surface area contributed by atoms with Crippen LogP contribution in [0, 0.1) is 12.7 Å². The summed E-state index contributed by atoms with van der Waals surface area (Å²) < 4.78 is 16.4. The summed E-state index contributed by atoms with van der Waals surface area (Å²) in [5.41, 5.74) is 2.56. The van der Waals surface area contributed by atoms with Crippen molar-refractivity contribution in [3.8, 4) is 11.4 Å². The summed E-state index contributed by atoms with van der Waals surface area (Å²) in [6, 6.07) is 8.01. The molecule has 0 atom stereocenters. The van der Waals surface area contributed by atoms with Crippen molar-refractivity contribution in [1.29, 1.82) is 0 Å². The molecule has 0 radical (unpaired) electrons. The molecule has 1 aromatic carbocycles. The first-order valence-electron chi connectivity index (χ1n) is 7.82. The number of aromatic nitrogens is 5. The fourth-order valence-corrected chi connectivity index (χ4v) is 3.35. The lowest BCUT2D eigenvalue weighted by molar-refractivity contribution is 0.558. The van der Waals surface area contributed by atoms with Gasteiger partial charge in [-0.15, -0.1) is 10.2 Å². The monoisotopic (exact) mass is 343 g/mol. The Balaban J connectivity index is 2.01. The van der Waals surface area contributed by atoms with Crippen LogP contribution in [0.1, 0.15) is 25.1 Å². The van der Waals surface area contributed by atoms with Crippen LogP contribution < -0.4 is 0 Å². The molecule has 3 aromatic rings. The van der Waals surface area contributed by atoms with Crippen LogP contribution >= 0.6 is 11.8 Å². The Morgan fingerprint density at radius 1 is 1.12 bits per heavy atom. The molecule has 0 fully saturated rings.